The predicted octanol–water partition coefficient (Wildman–Crippen LogP) is 2.73. The van der Waals surface area contributed by atoms with Crippen molar-refractivity contribution < 1.29 is 0 Å². The molecule has 2 aromatic rings. The molecule has 96 valence electrons. The Bertz CT molecular complexity index is 548. The number of nitrogen functional groups attached to an aromatic ring is 1. The van der Waals surface area contributed by atoms with Crippen LogP contribution in [0.25, 0.3) is 0 Å². The maximum Gasteiger partial charge on any atom is 0.0522 e. The molecule has 0 aliphatic carbocycles. The number of benzene rings is 1. The lowest BCUT2D eigenvalue weighted by Crippen LogP contribution is -2.05. The summed E-state index contributed by atoms with van der Waals surface area (Å²) in [6, 6.07) is 3.99. The Balaban J connectivity index is 1.96. The van der Waals surface area contributed by atoms with E-state index in [2.05, 4.69) is 32.4 Å². The fraction of sp³-hybridized carbons (Fsp3) is 0.308. The molecule has 0 unspecified atom stereocenters. The molecule has 0 fully saturated rings. The summed E-state index contributed by atoms with van der Waals surface area (Å²) < 4.78 is 2.82. The van der Waals surface area contributed by atoms with Crippen molar-refractivity contribution in [3.05, 3.63) is 40.1 Å². The van der Waals surface area contributed by atoms with Crippen LogP contribution in [0.4, 0.5) is 11.4 Å². The first kappa shape index (κ1) is 13.0. The van der Waals surface area contributed by atoms with Crippen LogP contribution in [0.3, 0.4) is 0 Å². The molecule has 0 aliphatic heterocycles. The zero-order valence-electron chi connectivity index (χ0n) is 10.6. The van der Waals surface area contributed by atoms with E-state index in [1.54, 1.807) is 0 Å². The molecule has 0 aliphatic rings. The number of aromatic nitrogens is 2. The predicted molar refractivity (Wildman–Crippen MR) is 78.7 cm³/mol. The van der Waals surface area contributed by atoms with E-state index in [4.69, 9.17) is 5.73 Å². The van der Waals surface area contributed by atoms with Gasteiger partial charge in [0.1, 0.15) is 0 Å². The van der Waals surface area contributed by atoms with E-state index in [1.807, 2.05) is 37.1 Å². The third-order valence-electron chi connectivity index (χ3n) is 2.84. The van der Waals surface area contributed by atoms with E-state index in [1.165, 1.54) is 5.56 Å². The van der Waals surface area contributed by atoms with Crippen LogP contribution >= 0.6 is 15.9 Å². The van der Waals surface area contributed by atoms with Crippen LogP contribution in [0.1, 0.15) is 11.1 Å². The van der Waals surface area contributed by atoms with Crippen molar-refractivity contribution in [2.24, 2.45) is 7.05 Å². The van der Waals surface area contributed by atoms with Gasteiger partial charge in [0.25, 0.3) is 0 Å². The average molecular weight is 309 g/mol. The zero-order chi connectivity index (χ0) is 13.1. The van der Waals surface area contributed by atoms with Crippen LogP contribution in [0, 0.1) is 6.92 Å². The summed E-state index contributed by atoms with van der Waals surface area (Å²) in [7, 11) is 1.93. The molecular weight excluding hydrogens is 292 g/mol. The highest BCUT2D eigenvalue weighted by Gasteiger charge is 2.03. The maximum atomic E-state index is 5.84. The van der Waals surface area contributed by atoms with E-state index in [9.17, 15) is 0 Å². The van der Waals surface area contributed by atoms with Crippen molar-refractivity contribution in [1.82, 2.24) is 9.78 Å². The van der Waals surface area contributed by atoms with Gasteiger partial charge >= 0.3 is 0 Å². The Labute approximate surface area is 115 Å². The number of rotatable bonds is 4. The van der Waals surface area contributed by atoms with Gasteiger partial charge in [-0.2, -0.15) is 5.10 Å². The number of aryl methyl sites for hydroxylation is 2. The molecule has 0 saturated heterocycles. The number of halogens is 1. The second-order valence-electron chi connectivity index (χ2n) is 4.39. The van der Waals surface area contributed by atoms with Gasteiger partial charge in [0, 0.05) is 35.6 Å². The molecule has 0 spiro atoms. The average Bonchev–Trinajstić information content (AvgIpc) is 2.71. The Kier molecular flexibility index (Phi) is 3.91. The van der Waals surface area contributed by atoms with Crippen molar-refractivity contribution in [3.63, 3.8) is 0 Å². The fourth-order valence-corrected chi connectivity index (χ4v) is 2.28. The summed E-state index contributed by atoms with van der Waals surface area (Å²) >= 11 is 3.51. The Morgan fingerprint density at radius 3 is 2.89 bits per heavy atom. The topological polar surface area (TPSA) is 55.9 Å². The standard InChI is InChI=1S/C13H17BrN4/c1-9-5-13(11(14)6-12(9)15)16-4-3-10-7-17-18(2)8-10/h5-8,16H,3-4,15H2,1-2H3. The minimum Gasteiger partial charge on any atom is -0.398 e. The number of anilines is 2. The summed E-state index contributed by atoms with van der Waals surface area (Å²) in [6.45, 7) is 2.88. The van der Waals surface area contributed by atoms with Gasteiger partial charge in [0.05, 0.1) is 6.20 Å². The minimum atomic E-state index is 0.805. The number of hydrogen-bond acceptors (Lipinski definition) is 3. The third kappa shape index (κ3) is 3.04. The van der Waals surface area contributed by atoms with Gasteiger partial charge in [-0.05, 0) is 52.5 Å². The molecular formula is C13H17BrN4. The molecule has 0 atom stereocenters. The lowest BCUT2D eigenvalue weighted by Gasteiger charge is -2.10. The monoisotopic (exact) mass is 308 g/mol. The highest BCUT2D eigenvalue weighted by atomic mass is 79.9. The van der Waals surface area contributed by atoms with Gasteiger partial charge in [0.2, 0.25) is 0 Å². The molecule has 1 aromatic heterocycles. The van der Waals surface area contributed by atoms with Crippen LogP contribution in [0.15, 0.2) is 29.0 Å². The fourth-order valence-electron chi connectivity index (χ4n) is 1.77. The molecule has 1 aromatic carbocycles. The van der Waals surface area contributed by atoms with Crippen molar-refractivity contribution >= 4 is 27.3 Å². The maximum absolute atomic E-state index is 5.84. The van der Waals surface area contributed by atoms with Gasteiger partial charge in [0.15, 0.2) is 0 Å². The van der Waals surface area contributed by atoms with Gasteiger partial charge in [-0.1, -0.05) is 0 Å². The summed E-state index contributed by atoms with van der Waals surface area (Å²) in [5.41, 5.74) is 10.0. The third-order valence-corrected chi connectivity index (χ3v) is 3.50. The molecule has 0 bridgehead atoms. The van der Waals surface area contributed by atoms with E-state index >= 15 is 0 Å². The normalized spacial score (nSPS) is 10.6. The molecule has 0 radical (unpaired) electrons. The quantitative estimate of drug-likeness (QED) is 0.854. The number of nitrogens with zero attached hydrogens (tertiary/aromatic N) is 2. The van der Waals surface area contributed by atoms with Gasteiger partial charge in [-0.25, -0.2) is 0 Å². The molecule has 1 heterocycles. The first-order valence-electron chi connectivity index (χ1n) is 5.83. The zero-order valence-corrected chi connectivity index (χ0v) is 12.2. The van der Waals surface area contributed by atoms with Crippen LogP contribution in [0.2, 0.25) is 0 Å². The molecule has 3 N–H and O–H groups in total. The van der Waals surface area contributed by atoms with E-state index in [0.717, 1.165) is 34.4 Å². The van der Waals surface area contributed by atoms with Crippen molar-refractivity contribution in [2.75, 3.05) is 17.6 Å². The molecule has 0 saturated carbocycles. The molecule has 0 amide bonds. The first-order chi connectivity index (χ1) is 8.56. The number of nitrogens with two attached hydrogens (primary N) is 1. The highest BCUT2D eigenvalue weighted by molar-refractivity contribution is 9.10. The second kappa shape index (κ2) is 5.44. The summed E-state index contributed by atoms with van der Waals surface area (Å²) in [5.74, 6) is 0. The van der Waals surface area contributed by atoms with Gasteiger partial charge in [-0.15, -0.1) is 0 Å². The van der Waals surface area contributed by atoms with Gasteiger partial charge < -0.3 is 11.1 Å². The smallest absolute Gasteiger partial charge is 0.0522 e. The minimum absolute atomic E-state index is 0.805. The van der Waals surface area contributed by atoms with Crippen LogP contribution in [-0.2, 0) is 13.5 Å². The Morgan fingerprint density at radius 2 is 2.22 bits per heavy atom. The highest BCUT2D eigenvalue weighted by Crippen LogP contribution is 2.27. The second-order valence-corrected chi connectivity index (χ2v) is 5.24. The number of nitrogens with one attached hydrogen (secondary N) is 1. The number of hydrogen-bond donors (Lipinski definition) is 2. The largest absolute Gasteiger partial charge is 0.398 e. The SMILES string of the molecule is Cc1cc(NCCc2cnn(C)c2)c(Br)cc1N. The van der Waals surface area contributed by atoms with Crippen LogP contribution < -0.4 is 11.1 Å². The summed E-state index contributed by atoms with van der Waals surface area (Å²) in [5, 5.41) is 7.55. The van der Waals surface area contributed by atoms with Crippen LogP contribution in [0.5, 0.6) is 0 Å². The van der Waals surface area contributed by atoms with Gasteiger partial charge in [-0.3, -0.25) is 4.68 Å². The molecule has 4 nitrogen and oxygen atoms in total. The first-order valence-corrected chi connectivity index (χ1v) is 6.62. The summed E-state index contributed by atoms with van der Waals surface area (Å²) in [4.78, 5) is 0. The van der Waals surface area contributed by atoms with Crippen LogP contribution in [-0.4, -0.2) is 16.3 Å². The molecule has 5 heteroatoms. The lowest BCUT2D eigenvalue weighted by atomic mass is 10.2. The van der Waals surface area contributed by atoms with E-state index in [-0.39, 0.29) is 0 Å². The summed E-state index contributed by atoms with van der Waals surface area (Å²) in [6.07, 6.45) is 4.87. The Morgan fingerprint density at radius 1 is 1.44 bits per heavy atom. The lowest BCUT2D eigenvalue weighted by molar-refractivity contribution is 0.767. The Hall–Kier alpha value is -1.49. The molecule has 2 rings (SSSR count). The van der Waals surface area contributed by atoms with Crippen molar-refractivity contribution in [3.8, 4) is 0 Å². The van der Waals surface area contributed by atoms with Crippen molar-refractivity contribution in [2.45, 2.75) is 13.3 Å². The van der Waals surface area contributed by atoms with Crippen molar-refractivity contribution in [1.29, 1.82) is 0 Å². The molecule has 18 heavy (non-hydrogen) atoms. The van der Waals surface area contributed by atoms with E-state index in [0.29, 0.717) is 0 Å². The van der Waals surface area contributed by atoms with E-state index < -0.39 is 0 Å².